The number of hydrogen-bond donors (Lipinski definition) is 2. The second-order valence-electron chi connectivity index (χ2n) is 8.25. The quantitative estimate of drug-likeness (QED) is 0.827. The van der Waals surface area contributed by atoms with Gasteiger partial charge in [-0.25, -0.2) is 4.79 Å². The van der Waals surface area contributed by atoms with Crippen LogP contribution in [0.2, 0.25) is 0 Å². The normalized spacial score (nSPS) is 31.9. The number of ether oxygens (including phenoxy) is 2. The van der Waals surface area contributed by atoms with Gasteiger partial charge >= 0.3 is 5.97 Å². The number of fused-ring (bicyclic) bond motifs is 8. The van der Waals surface area contributed by atoms with Crippen molar-refractivity contribution in [1.29, 1.82) is 0 Å². The maximum atomic E-state index is 11.8. The van der Waals surface area contributed by atoms with E-state index < -0.39 is 5.97 Å². The number of carboxylic acids is 1. The average molecular weight is 363 g/mol. The SMILES string of the molecule is O=C(O)c1cccc2c1N[C@H](c1ccc3c(c1)OCO3)[C@@H]1[C@H]3CC[C@@H](C3)[C@@H]21. The van der Waals surface area contributed by atoms with E-state index in [1.165, 1.54) is 24.8 Å². The minimum Gasteiger partial charge on any atom is -0.478 e. The molecule has 6 rings (SSSR count). The molecule has 5 atom stereocenters. The molecule has 4 aliphatic rings. The lowest BCUT2D eigenvalue weighted by atomic mass is 9.67. The average Bonchev–Trinajstić information content (AvgIpc) is 3.42. The summed E-state index contributed by atoms with van der Waals surface area (Å²) in [5, 5.41) is 13.4. The standard InChI is InChI=1S/C22H21NO4/c24-22(25)15-3-1-2-14-18-11-4-5-12(8-11)19(18)20(23-21(14)15)13-6-7-16-17(9-13)27-10-26-16/h1-3,6-7,9,11-12,18-20,23H,4-5,8,10H2,(H,24,25)/t11-,12-,18-,19+,20+/m0/s1. The van der Waals surface area contributed by atoms with Crippen LogP contribution in [-0.4, -0.2) is 17.9 Å². The predicted molar refractivity (Wildman–Crippen MR) is 99.4 cm³/mol. The van der Waals surface area contributed by atoms with E-state index in [1.54, 1.807) is 6.07 Å². The molecule has 2 N–H and O–H groups in total. The molecular weight excluding hydrogens is 342 g/mol. The van der Waals surface area contributed by atoms with Crippen molar-refractivity contribution in [2.75, 3.05) is 12.1 Å². The molecular formula is C22H21NO4. The Morgan fingerprint density at radius 3 is 2.81 bits per heavy atom. The topological polar surface area (TPSA) is 67.8 Å². The molecule has 0 saturated heterocycles. The van der Waals surface area contributed by atoms with Gasteiger partial charge in [0, 0.05) is 0 Å². The second kappa shape index (κ2) is 5.41. The van der Waals surface area contributed by atoms with Gasteiger partial charge in [-0.2, -0.15) is 0 Å². The molecule has 0 aromatic heterocycles. The fraction of sp³-hybridized carbons (Fsp3) is 0.409. The number of hydrogen-bond acceptors (Lipinski definition) is 4. The molecule has 27 heavy (non-hydrogen) atoms. The lowest BCUT2D eigenvalue weighted by Crippen LogP contribution is -2.36. The molecule has 5 heteroatoms. The minimum absolute atomic E-state index is 0.104. The monoisotopic (exact) mass is 363 g/mol. The van der Waals surface area contributed by atoms with E-state index >= 15 is 0 Å². The van der Waals surface area contributed by atoms with Crippen molar-refractivity contribution >= 4 is 11.7 Å². The summed E-state index contributed by atoms with van der Waals surface area (Å²) < 4.78 is 11.1. The van der Waals surface area contributed by atoms with E-state index in [1.807, 2.05) is 12.1 Å². The summed E-state index contributed by atoms with van der Waals surface area (Å²) in [5.41, 5.74) is 3.54. The van der Waals surface area contributed by atoms with Crippen LogP contribution in [0, 0.1) is 17.8 Å². The highest BCUT2D eigenvalue weighted by Gasteiger charge is 2.54. The van der Waals surface area contributed by atoms with Gasteiger partial charge in [-0.3, -0.25) is 0 Å². The van der Waals surface area contributed by atoms with Crippen LogP contribution in [0.4, 0.5) is 5.69 Å². The number of nitrogens with one attached hydrogen (secondary N) is 1. The van der Waals surface area contributed by atoms with Gasteiger partial charge in [-0.15, -0.1) is 0 Å². The lowest BCUT2D eigenvalue weighted by molar-refractivity contribution is 0.0697. The van der Waals surface area contributed by atoms with Crippen molar-refractivity contribution in [1.82, 2.24) is 0 Å². The summed E-state index contributed by atoms with van der Waals surface area (Å²) in [5.74, 6) is 3.00. The molecule has 2 aliphatic heterocycles. The van der Waals surface area contributed by atoms with Gasteiger partial charge < -0.3 is 19.9 Å². The maximum absolute atomic E-state index is 11.8. The molecule has 0 amide bonds. The van der Waals surface area contributed by atoms with Crippen LogP contribution in [0.3, 0.4) is 0 Å². The van der Waals surface area contributed by atoms with E-state index in [0.29, 0.717) is 29.2 Å². The molecule has 2 saturated carbocycles. The second-order valence-corrected chi connectivity index (χ2v) is 8.25. The Hall–Kier alpha value is -2.69. The highest BCUT2D eigenvalue weighted by molar-refractivity contribution is 5.95. The van der Waals surface area contributed by atoms with Crippen LogP contribution in [0.15, 0.2) is 36.4 Å². The molecule has 2 heterocycles. The minimum atomic E-state index is -0.870. The molecule has 2 aromatic rings. The lowest BCUT2D eigenvalue weighted by Gasteiger charge is -2.44. The van der Waals surface area contributed by atoms with Crippen LogP contribution in [-0.2, 0) is 0 Å². The fourth-order valence-electron chi connectivity index (χ4n) is 6.13. The summed E-state index contributed by atoms with van der Waals surface area (Å²) in [7, 11) is 0. The predicted octanol–water partition coefficient (Wildman–Crippen LogP) is 4.41. The number of para-hydroxylation sites is 1. The number of rotatable bonds is 2. The zero-order valence-electron chi connectivity index (χ0n) is 14.9. The van der Waals surface area contributed by atoms with Crippen LogP contribution >= 0.6 is 0 Å². The fourth-order valence-corrected chi connectivity index (χ4v) is 6.13. The van der Waals surface area contributed by atoms with Gasteiger partial charge in [-0.1, -0.05) is 18.2 Å². The summed E-state index contributed by atoms with van der Waals surface area (Å²) in [6.07, 6.45) is 3.80. The largest absolute Gasteiger partial charge is 0.478 e. The third-order valence-electron chi connectivity index (χ3n) is 7.11. The first-order valence-electron chi connectivity index (χ1n) is 9.73. The van der Waals surface area contributed by atoms with Crippen molar-refractivity contribution in [2.24, 2.45) is 17.8 Å². The Labute approximate surface area is 157 Å². The molecule has 138 valence electrons. The van der Waals surface area contributed by atoms with Gasteiger partial charge in [0.1, 0.15) is 0 Å². The van der Waals surface area contributed by atoms with Crippen molar-refractivity contribution < 1.29 is 19.4 Å². The number of carbonyl (C=O) groups is 1. The zero-order chi connectivity index (χ0) is 18.1. The van der Waals surface area contributed by atoms with Crippen LogP contribution in [0.25, 0.3) is 0 Å². The molecule has 5 nitrogen and oxygen atoms in total. The molecule has 2 fully saturated rings. The van der Waals surface area contributed by atoms with Crippen LogP contribution in [0.5, 0.6) is 11.5 Å². The summed E-state index contributed by atoms with van der Waals surface area (Å²) in [6, 6.07) is 12.0. The Morgan fingerprint density at radius 1 is 1.07 bits per heavy atom. The van der Waals surface area contributed by atoms with Gasteiger partial charge in [0.05, 0.1) is 17.3 Å². The Kier molecular flexibility index (Phi) is 3.08. The molecule has 2 bridgehead atoms. The molecule has 0 spiro atoms. The molecule has 2 aliphatic carbocycles. The third kappa shape index (κ3) is 2.08. The summed E-state index contributed by atoms with van der Waals surface area (Å²) in [4.78, 5) is 11.8. The highest BCUT2D eigenvalue weighted by atomic mass is 16.7. The van der Waals surface area contributed by atoms with Crippen molar-refractivity contribution in [3.05, 3.63) is 53.1 Å². The van der Waals surface area contributed by atoms with Crippen LogP contribution < -0.4 is 14.8 Å². The number of anilines is 1. The van der Waals surface area contributed by atoms with Gasteiger partial charge in [0.15, 0.2) is 11.5 Å². The summed E-state index contributed by atoms with van der Waals surface area (Å²) >= 11 is 0. The first kappa shape index (κ1) is 15.4. The summed E-state index contributed by atoms with van der Waals surface area (Å²) in [6.45, 7) is 0.264. The third-order valence-corrected chi connectivity index (χ3v) is 7.11. The van der Waals surface area contributed by atoms with E-state index in [0.717, 1.165) is 22.7 Å². The van der Waals surface area contributed by atoms with Gasteiger partial charge in [0.25, 0.3) is 0 Å². The first-order chi connectivity index (χ1) is 13.2. The Bertz CT molecular complexity index is 955. The van der Waals surface area contributed by atoms with Crippen LogP contribution in [0.1, 0.15) is 52.7 Å². The molecule has 0 unspecified atom stereocenters. The number of aromatic carboxylic acids is 1. The van der Waals surface area contributed by atoms with E-state index in [9.17, 15) is 9.90 Å². The smallest absolute Gasteiger partial charge is 0.337 e. The zero-order valence-corrected chi connectivity index (χ0v) is 14.9. The van der Waals surface area contributed by atoms with E-state index in [-0.39, 0.29) is 12.8 Å². The van der Waals surface area contributed by atoms with Crippen molar-refractivity contribution in [3.8, 4) is 11.5 Å². The number of benzene rings is 2. The van der Waals surface area contributed by atoms with E-state index in [4.69, 9.17) is 9.47 Å². The van der Waals surface area contributed by atoms with Crippen molar-refractivity contribution in [2.45, 2.75) is 31.2 Å². The van der Waals surface area contributed by atoms with Crippen molar-refractivity contribution in [3.63, 3.8) is 0 Å². The first-order valence-corrected chi connectivity index (χ1v) is 9.73. The maximum Gasteiger partial charge on any atom is 0.337 e. The highest BCUT2D eigenvalue weighted by Crippen LogP contribution is 2.64. The Morgan fingerprint density at radius 2 is 1.93 bits per heavy atom. The number of carboxylic acid groups (broad SMARTS) is 1. The van der Waals surface area contributed by atoms with Gasteiger partial charge in [0.2, 0.25) is 6.79 Å². The van der Waals surface area contributed by atoms with E-state index in [2.05, 4.69) is 23.5 Å². The molecule has 2 aromatic carbocycles. The van der Waals surface area contributed by atoms with Gasteiger partial charge in [-0.05, 0) is 72.3 Å². The Balaban J connectivity index is 1.51. The molecule has 0 radical (unpaired) electrons.